The number of hydrogen-bond acceptors (Lipinski definition) is 4. The van der Waals surface area contributed by atoms with E-state index in [1.807, 2.05) is 32.0 Å². The SMILES string of the molecule is Cc1cc(C)cc(NC(=O)c2sc3ncn(Cc4ccccc4F)c(=O)c3c2C)c1. The zero-order valence-corrected chi connectivity index (χ0v) is 17.6. The second kappa shape index (κ2) is 7.84. The van der Waals surface area contributed by atoms with Gasteiger partial charge in [-0.1, -0.05) is 24.3 Å². The number of hydrogen-bond donors (Lipinski definition) is 1. The molecule has 1 amide bonds. The molecule has 2 heterocycles. The zero-order chi connectivity index (χ0) is 21.4. The van der Waals surface area contributed by atoms with Crippen LogP contribution in [0.5, 0.6) is 0 Å². The summed E-state index contributed by atoms with van der Waals surface area (Å²) < 4.78 is 15.4. The monoisotopic (exact) mass is 421 g/mol. The van der Waals surface area contributed by atoms with Gasteiger partial charge in [-0.25, -0.2) is 9.37 Å². The van der Waals surface area contributed by atoms with Crippen molar-refractivity contribution in [1.82, 2.24) is 9.55 Å². The Kier molecular flexibility index (Phi) is 5.22. The van der Waals surface area contributed by atoms with Crippen LogP contribution < -0.4 is 10.9 Å². The van der Waals surface area contributed by atoms with E-state index in [1.54, 1.807) is 25.1 Å². The van der Waals surface area contributed by atoms with E-state index < -0.39 is 0 Å². The molecule has 0 atom stereocenters. The number of benzene rings is 2. The van der Waals surface area contributed by atoms with Crippen LogP contribution in [0.2, 0.25) is 0 Å². The van der Waals surface area contributed by atoms with Crippen molar-refractivity contribution >= 4 is 33.1 Å². The van der Waals surface area contributed by atoms with Crippen molar-refractivity contribution in [3.05, 3.63) is 92.1 Å². The van der Waals surface area contributed by atoms with Crippen LogP contribution in [-0.4, -0.2) is 15.5 Å². The molecule has 30 heavy (non-hydrogen) atoms. The van der Waals surface area contributed by atoms with Crippen molar-refractivity contribution in [2.24, 2.45) is 0 Å². The van der Waals surface area contributed by atoms with E-state index in [2.05, 4.69) is 10.3 Å². The molecule has 2 aromatic heterocycles. The maximum absolute atomic E-state index is 14.0. The van der Waals surface area contributed by atoms with Gasteiger partial charge in [-0.05, 0) is 55.7 Å². The molecule has 4 rings (SSSR count). The lowest BCUT2D eigenvalue weighted by atomic mass is 10.1. The molecule has 5 nitrogen and oxygen atoms in total. The van der Waals surface area contributed by atoms with Crippen LogP contribution in [-0.2, 0) is 6.54 Å². The second-order valence-electron chi connectivity index (χ2n) is 7.34. The summed E-state index contributed by atoms with van der Waals surface area (Å²) in [4.78, 5) is 31.2. The quantitative estimate of drug-likeness (QED) is 0.514. The van der Waals surface area contributed by atoms with Crippen LogP contribution in [0, 0.1) is 26.6 Å². The first-order valence-electron chi connectivity index (χ1n) is 9.45. The van der Waals surface area contributed by atoms with Gasteiger partial charge in [-0.2, -0.15) is 0 Å². The van der Waals surface area contributed by atoms with Gasteiger partial charge >= 0.3 is 0 Å². The number of nitrogens with zero attached hydrogens (tertiary/aromatic N) is 2. The van der Waals surface area contributed by atoms with Gasteiger partial charge in [0.05, 0.1) is 23.1 Å². The summed E-state index contributed by atoms with van der Waals surface area (Å²) >= 11 is 1.18. The summed E-state index contributed by atoms with van der Waals surface area (Å²) in [5.41, 5.74) is 3.51. The fraction of sp³-hybridized carbons (Fsp3) is 0.174. The number of carbonyl (C=O) groups is 1. The number of amides is 1. The third-order valence-corrected chi connectivity index (χ3v) is 6.10. The highest BCUT2D eigenvalue weighted by Crippen LogP contribution is 2.28. The average molecular weight is 421 g/mol. The topological polar surface area (TPSA) is 64.0 Å². The van der Waals surface area contributed by atoms with E-state index in [0.717, 1.165) is 11.1 Å². The van der Waals surface area contributed by atoms with E-state index in [0.29, 0.717) is 31.9 Å². The van der Waals surface area contributed by atoms with Crippen molar-refractivity contribution < 1.29 is 9.18 Å². The standard InChI is InChI=1S/C23H20FN3O2S/c1-13-8-14(2)10-17(9-13)26-21(28)20-15(3)19-22(30-20)25-12-27(23(19)29)11-16-6-4-5-7-18(16)24/h4-10,12H,11H2,1-3H3,(H,26,28). The lowest BCUT2D eigenvalue weighted by Gasteiger charge is -2.07. The number of aryl methyl sites for hydroxylation is 3. The summed E-state index contributed by atoms with van der Waals surface area (Å²) in [5, 5.41) is 3.30. The van der Waals surface area contributed by atoms with E-state index in [-0.39, 0.29) is 23.8 Å². The first-order chi connectivity index (χ1) is 14.3. The minimum absolute atomic E-state index is 0.0772. The minimum Gasteiger partial charge on any atom is -0.321 e. The molecule has 0 aliphatic carbocycles. The highest BCUT2D eigenvalue weighted by Gasteiger charge is 2.20. The molecule has 7 heteroatoms. The Morgan fingerprint density at radius 3 is 2.53 bits per heavy atom. The molecular weight excluding hydrogens is 401 g/mol. The summed E-state index contributed by atoms with van der Waals surface area (Å²) in [7, 11) is 0. The predicted molar refractivity (Wildman–Crippen MR) is 118 cm³/mol. The lowest BCUT2D eigenvalue weighted by molar-refractivity contribution is 0.103. The first-order valence-corrected chi connectivity index (χ1v) is 10.3. The largest absolute Gasteiger partial charge is 0.321 e. The fourth-order valence-electron chi connectivity index (χ4n) is 3.53. The molecule has 152 valence electrons. The Hall–Kier alpha value is -3.32. The molecule has 0 aliphatic heterocycles. The maximum atomic E-state index is 14.0. The summed E-state index contributed by atoms with van der Waals surface area (Å²) in [6, 6.07) is 12.1. The van der Waals surface area contributed by atoms with E-state index in [1.165, 1.54) is 28.3 Å². The Bertz CT molecular complexity index is 1320. The molecule has 2 aromatic carbocycles. The van der Waals surface area contributed by atoms with E-state index in [4.69, 9.17) is 0 Å². The van der Waals surface area contributed by atoms with Crippen molar-refractivity contribution in [1.29, 1.82) is 0 Å². The Balaban J connectivity index is 1.70. The molecule has 0 saturated carbocycles. The van der Waals surface area contributed by atoms with Gasteiger partial charge in [-0.15, -0.1) is 11.3 Å². The van der Waals surface area contributed by atoms with Gasteiger partial charge in [0, 0.05) is 11.3 Å². The predicted octanol–water partition coefficient (Wildman–Crippen LogP) is 4.82. The van der Waals surface area contributed by atoms with Gasteiger partial charge < -0.3 is 5.32 Å². The number of thiophene rings is 1. The molecule has 0 radical (unpaired) electrons. The number of fused-ring (bicyclic) bond motifs is 1. The number of halogens is 1. The Labute approximate surface area is 176 Å². The van der Waals surface area contributed by atoms with Crippen molar-refractivity contribution in [3.8, 4) is 0 Å². The fourth-order valence-corrected chi connectivity index (χ4v) is 4.57. The highest BCUT2D eigenvalue weighted by molar-refractivity contribution is 7.20. The van der Waals surface area contributed by atoms with Gasteiger partial charge in [0.15, 0.2) is 0 Å². The van der Waals surface area contributed by atoms with E-state index >= 15 is 0 Å². The first kappa shape index (κ1) is 20.0. The highest BCUT2D eigenvalue weighted by atomic mass is 32.1. The van der Waals surface area contributed by atoms with Crippen LogP contribution >= 0.6 is 11.3 Å². The van der Waals surface area contributed by atoms with Crippen molar-refractivity contribution in [2.75, 3.05) is 5.32 Å². The number of nitrogens with one attached hydrogen (secondary N) is 1. The van der Waals surface area contributed by atoms with Crippen molar-refractivity contribution in [2.45, 2.75) is 27.3 Å². The van der Waals surface area contributed by atoms with E-state index in [9.17, 15) is 14.0 Å². The van der Waals surface area contributed by atoms with Gasteiger partial charge in [0.1, 0.15) is 10.6 Å². The average Bonchev–Trinajstić information content (AvgIpc) is 3.02. The molecule has 0 aliphatic rings. The second-order valence-corrected chi connectivity index (χ2v) is 8.33. The van der Waals surface area contributed by atoms with Crippen LogP contribution in [0.15, 0.2) is 53.6 Å². The van der Waals surface area contributed by atoms with Crippen LogP contribution in [0.4, 0.5) is 10.1 Å². The number of anilines is 1. The van der Waals surface area contributed by atoms with Crippen LogP contribution in [0.25, 0.3) is 10.2 Å². The summed E-state index contributed by atoms with van der Waals surface area (Å²) in [6.07, 6.45) is 1.40. The number of rotatable bonds is 4. The third kappa shape index (κ3) is 3.76. The summed E-state index contributed by atoms with van der Waals surface area (Å²) in [6.45, 7) is 5.75. The molecule has 0 fully saturated rings. The number of aromatic nitrogens is 2. The van der Waals surface area contributed by atoms with Gasteiger partial charge in [0.25, 0.3) is 11.5 Å². The molecule has 0 spiro atoms. The Morgan fingerprint density at radius 2 is 1.83 bits per heavy atom. The van der Waals surface area contributed by atoms with Crippen LogP contribution in [0.3, 0.4) is 0 Å². The maximum Gasteiger partial charge on any atom is 0.266 e. The lowest BCUT2D eigenvalue weighted by Crippen LogP contribution is -2.21. The summed E-state index contributed by atoms with van der Waals surface area (Å²) in [5.74, 6) is -0.652. The smallest absolute Gasteiger partial charge is 0.266 e. The molecule has 4 aromatic rings. The van der Waals surface area contributed by atoms with Crippen molar-refractivity contribution in [3.63, 3.8) is 0 Å². The van der Waals surface area contributed by atoms with Gasteiger partial charge in [-0.3, -0.25) is 14.2 Å². The minimum atomic E-state index is -0.375. The van der Waals surface area contributed by atoms with Crippen LogP contribution in [0.1, 0.15) is 31.9 Å². The van der Waals surface area contributed by atoms with Gasteiger partial charge in [0.2, 0.25) is 0 Å². The molecule has 0 bridgehead atoms. The zero-order valence-electron chi connectivity index (χ0n) is 16.8. The third-order valence-electron chi connectivity index (χ3n) is 4.90. The Morgan fingerprint density at radius 1 is 1.13 bits per heavy atom. The number of carbonyl (C=O) groups excluding carboxylic acids is 1. The normalized spacial score (nSPS) is 11.1. The molecular formula is C23H20FN3O2S. The molecule has 0 saturated heterocycles. The molecule has 1 N–H and O–H groups in total. The molecule has 0 unspecified atom stereocenters.